The number of aliphatic hydroxyl groups is 1. The van der Waals surface area contributed by atoms with Crippen LogP contribution in [0.5, 0.6) is 0 Å². The van der Waals surface area contributed by atoms with E-state index < -0.39 is 28.3 Å². The van der Waals surface area contributed by atoms with Gasteiger partial charge in [0.25, 0.3) is 0 Å². The van der Waals surface area contributed by atoms with E-state index in [-0.39, 0.29) is 36.7 Å². The molecule has 11 heteroatoms. The normalized spacial score (nSPS) is 18.0. The van der Waals surface area contributed by atoms with Crippen molar-refractivity contribution < 1.29 is 27.8 Å². The van der Waals surface area contributed by atoms with Gasteiger partial charge in [-0.05, 0) is 66.9 Å². The number of rotatable bonds is 16. The summed E-state index contributed by atoms with van der Waals surface area (Å²) in [7, 11) is -1.87. The molecule has 1 aromatic heterocycles. The van der Waals surface area contributed by atoms with Crippen molar-refractivity contribution in [1.82, 2.24) is 19.9 Å². The van der Waals surface area contributed by atoms with Crippen molar-refractivity contribution in [1.29, 1.82) is 0 Å². The third kappa shape index (κ3) is 10.9. The predicted molar refractivity (Wildman–Crippen MR) is 208 cm³/mol. The average molecular weight is 749 g/mol. The van der Waals surface area contributed by atoms with Gasteiger partial charge >= 0.3 is 0 Å². The van der Waals surface area contributed by atoms with Gasteiger partial charge in [-0.2, -0.15) is 4.72 Å². The van der Waals surface area contributed by atoms with E-state index in [1.165, 1.54) is 12.1 Å². The van der Waals surface area contributed by atoms with Crippen LogP contribution in [0.4, 0.5) is 0 Å². The summed E-state index contributed by atoms with van der Waals surface area (Å²) in [5, 5.41) is 12.5. The molecule has 0 unspecified atom stereocenters. The van der Waals surface area contributed by atoms with Crippen LogP contribution in [-0.4, -0.2) is 61.6 Å². The molecule has 0 bridgehead atoms. The Morgan fingerprint density at radius 2 is 1.54 bits per heavy atom. The van der Waals surface area contributed by atoms with Gasteiger partial charge < -0.3 is 24.8 Å². The number of hydrogen-bond acceptors (Lipinski definition) is 8. The van der Waals surface area contributed by atoms with E-state index in [1.807, 2.05) is 110 Å². The molecule has 10 nitrogen and oxygen atoms in total. The minimum atomic E-state index is -3.95. The van der Waals surface area contributed by atoms with E-state index >= 15 is 0 Å². The Labute approximate surface area is 318 Å². The minimum absolute atomic E-state index is 0.0231. The van der Waals surface area contributed by atoms with E-state index in [4.69, 9.17) is 9.47 Å². The van der Waals surface area contributed by atoms with Gasteiger partial charge in [0, 0.05) is 49.9 Å². The number of hydrogen-bond donors (Lipinski definition) is 3. The maximum Gasteiger partial charge on any atom is 0.241 e. The number of pyridine rings is 1. The summed E-state index contributed by atoms with van der Waals surface area (Å²) in [6, 6.07) is 36.3. The number of benzene rings is 4. The van der Waals surface area contributed by atoms with Gasteiger partial charge in [0.1, 0.15) is 6.04 Å². The van der Waals surface area contributed by atoms with E-state index in [0.29, 0.717) is 13.0 Å². The third-order valence-corrected chi connectivity index (χ3v) is 11.0. The zero-order valence-corrected chi connectivity index (χ0v) is 31.5. The molecule has 3 N–H and O–H groups in total. The summed E-state index contributed by atoms with van der Waals surface area (Å²) < 4.78 is 42.3. The first kappa shape index (κ1) is 39.0. The van der Waals surface area contributed by atoms with Gasteiger partial charge in [0.05, 0.1) is 23.7 Å². The van der Waals surface area contributed by atoms with Crippen molar-refractivity contribution in [2.45, 2.75) is 68.8 Å². The number of ether oxygens (including phenoxy) is 2. The Morgan fingerprint density at radius 3 is 2.22 bits per heavy atom. The number of aryl methyl sites for hydroxylation is 1. The molecule has 4 aromatic carbocycles. The predicted octanol–water partition coefficient (Wildman–Crippen LogP) is 5.81. The van der Waals surface area contributed by atoms with Crippen molar-refractivity contribution in [3.63, 3.8) is 0 Å². The lowest BCUT2D eigenvalue weighted by Gasteiger charge is -2.38. The Morgan fingerprint density at radius 1 is 0.852 bits per heavy atom. The van der Waals surface area contributed by atoms with Gasteiger partial charge in [0.2, 0.25) is 15.9 Å². The lowest BCUT2D eigenvalue weighted by Crippen LogP contribution is -2.47. The van der Waals surface area contributed by atoms with Gasteiger partial charge in [-0.3, -0.25) is 9.78 Å². The number of carbonyl (C=O) groups excluding carboxylic acids is 1. The van der Waals surface area contributed by atoms with Gasteiger partial charge in [-0.15, -0.1) is 0 Å². The fraction of sp³-hybridized carbons (Fsp3) is 0.302. The quantitative estimate of drug-likeness (QED) is 0.115. The zero-order chi connectivity index (χ0) is 37.9. The van der Waals surface area contributed by atoms with E-state index in [0.717, 1.165) is 52.0 Å². The van der Waals surface area contributed by atoms with Gasteiger partial charge in [0.15, 0.2) is 6.29 Å². The molecule has 1 amide bonds. The van der Waals surface area contributed by atoms with E-state index in [2.05, 4.69) is 27.0 Å². The van der Waals surface area contributed by atoms with Gasteiger partial charge in [-0.25, -0.2) is 8.42 Å². The van der Waals surface area contributed by atoms with E-state index in [9.17, 15) is 18.3 Å². The maximum absolute atomic E-state index is 13.6. The number of likely N-dealkylation sites (N-methyl/N-ethyl adjacent to an activating group) is 1. The molecule has 0 spiro atoms. The second-order valence-corrected chi connectivity index (χ2v) is 15.5. The topological polar surface area (TPSA) is 130 Å². The lowest BCUT2D eigenvalue weighted by atomic mass is 9.99. The van der Waals surface area contributed by atoms with Crippen LogP contribution in [0.2, 0.25) is 0 Å². The van der Waals surface area contributed by atoms with Crippen LogP contribution >= 0.6 is 0 Å². The molecule has 5 aromatic rings. The molecule has 6 rings (SSSR count). The second-order valence-electron chi connectivity index (χ2n) is 13.8. The third-order valence-electron chi connectivity index (χ3n) is 9.55. The average Bonchev–Trinajstić information content (AvgIpc) is 3.20. The molecular formula is C43H48N4O6S. The fourth-order valence-corrected chi connectivity index (χ4v) is 7.63. The van der Waals surface area contributed by atoms with Crippen molar-refractivity contribution >= 4 is 15.9 Å². The summed E-state index contributed by atoms with van der Waals surface area (Å²) in [6.07, 6.45) is 2.57. The highest BCUT2D eigenvalue weighted by atomic mass is 32.2. The Hall–Kier alpha value is -4.75. The van der Waals surface area contributed by atoms with Crippen LogP contribution in [0.25, 0.3) is 0 Å². The fourth-order valence-electron chi connectivity index (χ4n) is 6.44. The first-order valence-corrected chi connectivity index (χ1v) is 19.7. The Kier molecular flexibility index (Phi) is 13.4. The van der Waals surface area contributed by atoms with Crippen LogP contribution in [0.15, 0.2) is 132 Å². The van der Waals surface area contributed by atoms with Crippen molar-refractivity contribution in [2.75, 3.05) is 20.1 Å². The van der Waals surface area contributed by atoms with Crippen LogP contribution in [0, 0.1) is 6.92 Å². The maximum atomic E-state index is 13.6. The molecule has 2 heterocycles. The summed E-state index contributed by atoms with van der Waals surface area (Å²) in [5.74, 6) is -0.428. The Bertz CT molecular complexity index is 2030. The molecule has 1 saturated heterocycles. The monoisotopic (exact) mass is 748 g/mol. The largest absolute Gasteiger partial charge is 0.392 e. The molecular weight excluding hydrogens is 701 g/mol. The highest BCUT2D eigenvalue weighted by molar-refractivity contribution is 7.89. The Balaban J connectivity index is 1.12. The van der Waals surface area contributed by atoms with Crippen LogP contribution in [0.3, 0.4) is 0 Å². The van der Waals surface area contributed by atoms with Crippen LogP contribution in [-0.2, 0) is 50.3 Å². The smallest absolute Gasteiger partial charge is 0.241 e. The molecule has 0 aliphatic carbocycles. The van der Waals surface area contributed by atoms with Gasteiger partial charge in [-0.1, -0.05) is 103 Å². The highest BCUT2D eigenvalue weighted by Gasteiger charge is 2.33. The first-order valence-electron chi connectivity index (χ1n) is 18.2. The number of amides is 1. The van der Waals surface area contributed by atoms with Crippen LogP contribution in [0.1, 0.15) is 57.9 Å². The number of carbonyl (C=O) groups is 1. The van der Waals surface area contributed by atoms with E-state index in [1.54, 1.807) is 12.1 Å². The summed E-state index contributed by atoms with van der Waals surface area (Å²) in [6.45, 7) is 3.60. The summed E-state index contributed by atoms with van der Waals surface area (Å²) in [4.78, 5) is 20.4. The lowest BCUT2D eigenvalue weighted by molar-refractivity contribution is -0.252. The van der Waals surface area contributed by atoms with Crippen molar-refractivity contribution in [3.05, 3.63) is 167 Å². The number of aliphatic hydroxyl groups excluding tert-OH is 1. The van der Waals surface area contributed by atoms with Crippen molar-refractivity contribution in [2.24, 2.45) is 0 Å². The zero-order valence-electron chi connectivity index (χ0n) is 30.7. The number of nitrogens with one attached hydrogen (secondary N) is 2. The molecule has 54 heavy (non-hydrogen) atoms. The second kappa shape index (κ2) is 18.5. The molecule has 0 saturated carbocycles. The highest BCUT2D eigenvalue weighted by Crippen LogP contribution is 2.38. The molecule has 4 atom stereocenters. The van der Waals surface area contributed by atoms with Crippen LogP contribution < -0.4 is 10.0 Å². The molecule has 1 aliphatic rings. The SMILES string of the molecule is Cc1ccc(S(=O)(=O)N[C@H](Cc2ccccc2)C(=O)NCc2ccc([C@H]3O[C@@H](CN(C)CCc4ccccn4)C[C@@H](c4ccc(CO)cc4)O3)cc2)cc1. The summed E-state index contributed by atoms with van der Waals surface area (Å²) in [5.41, 5.74) is 6.36. The van der Waals surface area contributed by atoms with Crippen molar-refractivity contribution in [3.8, 4) is 0 Å². The molecule has 1 fully saturated rings. The standard InChI is InChI=1S/C43H48N4O6S/c1-31-11-21-39(22-12-31)54(50,51)46-40(26-32-8-4-3-5-9-32)42(49)45-28-33-13-19-36(20-14-33)43-52-38(29-47(2)25-23-37-10-6-7-24-44-37)27-41(53-43)35-17-15-34(30-48)16-18-35/h3-22,24,38,40-41,43,46,48H,23,25-30H2,1-2H3,(H,45,49)/t38-,40-,41+,43+/m1/s1. The number of nitrogens with zero attached hydrogens (tertiary/aromatic N) is 2. The molecule has 0 radical (unpaired) electrons. The summed E-state index contributed by atoms with van der Waals surface area (Å²) >= 11 is 0. The minimum Gasteiger partial charge on any atom is -0.392 e. The number of aromatic nitrogens is 1. The molecule has 282 valence electrons. The first-order chi connectivity index (χ1) is 26.1. The number of sulfonamides is 1. The molecule has 1 aliphatic heterocycles.